The van der Waals surface area contributed by atoms with Crippen LogP contribution in [0.2, 0.25) is 0 Å². The first-order chi connectivity index (χ1) is 14.4. The number of rotatable bonds is 5. The summed E-state index contributed by atoms with van der Waals surface area (Å²) in [6.07, 6.45) is 12.1. The van der Waals surface area contributed by atoms with Crippen LogP contribution in [0.25, 0.3) is 0 Å². The molecule has 0 saturated heterocycles. The Balaban J connectivity index is 1.47. The molecule has 0 radical (unpaired) electrons. The van der Waals surface area contributed by atoms with E-state index in [1.807, 2.05) is 6.92 Å². The van der Waals surface area contributed by atoms with Crippen molar-refractivity contribution in [2.75, 3.05) is 11.9 Å². The number of anilines is 1. The Morgan fingerprint density at radius 2 is 1.83 bits per heavy atom. The molecule has 0 aromatic carbocycles. The van der Waals surface area contributed by atoms with Gasteiger partial charge in [0.2, 0.25) is 0 Å². The number of hydrogen-bond acceptors (Lipinski definition) is 6. The van der Waals surface area contributed by atoms with Crippen LogP contribution in [0.1, 0.15) is 86.7 Å². The van der Waals surface area contributed by atoms with Gasteiger partial charge in [0.05, 0.1) is 12.2 Å². The van der Waals surface area contributed by atoms with Gasteiger partial charge in [-0.1, -0.05) is 0 Å². The molecule has 5 aliphatic carbocycles. The van der Waals surface area contributed by atoms with Crippen LogP contribution in [0.3, 0.4) is 0 Å². The molecule has 2 unspecified atom stereocenters. The van der Waals surface area contributed by atoms with Crippen molar-refractivity contribution in [1.82, 2.24) is 4.98 Å². The number of pyridine rings is 1. The van der Waals surface area contributed by atoms with Crippen molar-refractivity contribution in [3.63, 3.8) is 0 Å². The molecule has 1 heterocycles. The Bertz CT molecular complexity index is 866. The molecule has 30 heavy (non-hydrogen) atoms. The lowest BCUT2D eigenvalue weighted by Gasteiger charge is -2.61. The number of nitrogens with zero attached hydrogens (tertiary/aromatic N) is 1. The van der Waals surface area contributed by atoms with Crippen LogP contribution in [-0.4, -0.2) is 34.7 Å². The summed E-state index contributed by atoms with van der Waals surface area (Å²) in [5.74, 6) is 1.71. The monoisotopic (exact) mass is 412 g/mol. The van der Waals surface area contributed by atoms with E-state index in [2.05, 4.69) is 5.32 Å². The maximum absolute atomic E-state index is 12.5. The maximum Gasteiger partial charge on any atom is 0.339 e. The van der Waals surface area contributed by atoms with Gasteiger partial charge < -0.3 is 14.8 Å². The molecule has 6 nitrogen and oxygen atoms in total. The third-order valence-electron chi connectivity index (χ3n) is 7.65. The van der Waals surface area contributed by atoms with Crippen molar-refractivity contribution < 1.29 is 19.1 Å². The minimum absolute atomic E-state index is 0.0663. The van der Waals surface area contributed by atoms with Gasteiger partial charge in [0.15, 0.2) is 0 Å². The summed E-state index contributed by atoms with van der Waals surface area (Å²) in [4.78, 5) is 29.0. The number of ether oxygens (including phenoxy) is 2. The molecule has 0 spiro atoms. The van der Waals surface area contributed by atoms with Crippen LogP contribution < -0.4 is 5.32 Å². The molecule has 4 saturated carbocycles. The average Bonchev–Trinajstić information content (AvgIpc) is 2.66. The standard InChI is InChI=1S/C24H32N2O4/c1-3-29-22(28)20-13-25-21(19-7-5-4-6-18(19)20)26-23-9-16-8-17(10-23)12-24(11-16,14-23)30-15(2)27/h13,16-17H,3-12,14H2,1-2H3,(H,25,26). The number of fused-ring (bicyclic) bond motifs is 1. The molecule has 0 aliphatic heterocycles. The lowest BCUT2D eigenvalue weighted by molar-refractivity contribution is -0.185. The first-order valence-corrected chi connectivity index (χ1v) is 11.6. The minimum atomic E-state index is -0.312. The fraction of sp³-hybridized carbons (Fsp3) is 0.708. The normalized spacial score (nSPS) is 33.7. The molecule has 5 aliphatic rings. The Morgan fingerprint density at radius 3 is 2.50 bits per heavy atom. The van der Waals surface area contributed by atoms with Crippen LogP contribution >= 0.6 is 0 Å². The van der Waals surface area contributed by atoms with Gasteiger partial charge in [-0.15, -0.1) is 0 Å². The average molecular weight is 413 g/mol. The van der Waals surface area contributed by atoms with E-state index in [0.717, 1.165) is 69.2 Å². The molecule has 6 heteroatoms. The molecule has 162 valence electrons. The van der Waals surface area contributed by atoms with Gasteiger partial charge in [0, 0.05) is 25.1 Å². The van der Waals surface area contributed by atoms with Gasteiger partial charge in [0.25, 0.3) is 0 Å². The number of nitrogens with one attached hydrogen (secondary N) is 1. The van der Waals surface area contributed by atoms with E-state index in [1.54, 1.807) is 6.20 Å². The second kappa shape index (κ2) is 7.24. The predicted molar refractivity (Wildman–Crippen MR) is 112 cm³/mol. The predicted octanol–water partition coefficient (Wildman–Crippen LogP) is 4.20. The number of hydrogen-bond donors (Lipinski definition) is 1. The van der Waals surface area contributed by atoms with Crippen LogP contribution in [-0.2, 0) is 27.1 Å². The summed E-state index contributed by atoms with van der Waals surface area (Å²) in [5.41, 5.74) is 2.54. The molecule has 6 rings (SSSR count). The highest BCUT2D eigenvalue weighted by atomic mass is 16.6. The quantitative estimate of drug-likeness (QED) is 0.730. The van der Waals surface area contributed by atoms with E-state index in [4.69, 9.17) is 14.5 Å². The number of aromatic nitrogens is 1. The van der Waals surface area contributed by atoms with Gasteiger partial charge >= 0.3 is 11.9 Å². The highest BCUT2D eigenvalue weighted by molar-refractivity contribution is 5.91. The largest absolute Gasteiger partial charge is 0.462 e. The Hall–Kier alpha value is -2.11. The highest BCUT2D eigenvalue weighted by Crippen LogP contribution is 2.59. The topological polar surface area (TPSA) is 77.5 Å². The zero-order valence-corrected chi connectivity index (χ0v) is 18.1. The van der Waals surface area contributed by atoms with E-state index < -0.39 is 0 Å². The summed E-state index contributed by atoms with van der Waals surface area (Å²) in [6.45, 7) is 3.74. The summed E-state index contributed by atoms with van der Waals surface area (Å²) in [5, 5.41) is 3.86. The summed E-state index contributed by atoms with van der Waals surface area (Å²) in [7, 11) is 0. The van der Waals surface area contributed by atoms with Crippen molar-refractivity contribution in [3.05, 3.63) is 22.9 Å². The molecule has 4 fully saturated rings. The van der Waals surface area contributed by atoms with E-state index in [9.17, 15) is 9.59 Å². The van der Waals surface area contributed by atoms with Gasteiger partial charge in [-0.25, -0.2) is 9.78 Å². The molecular weight excluding hydrogens is 380 g/mol. The second-order valence-corrected chi connectivity index (χ2v) is 10.0. The first-order valence-electron chi connectivity index (χ1n) is 11.6. The zero-order chi connectivity index (χ0) is 20.9. The molecular formula is C24H32N2O4. The SMILES string of the molecule is CCOC(=O)c1cnc(NC23CC4CC(C2)CC(OC(C)=O)(C4)C3)c2c1CCCC2. The van der Waals surface area contributed by atoms with Gasteiger partial charge in [0.1, 0.15) is 11.4 Å². The molecule has 1 aromatic heterocycles. The van der Waals surface area contributed by atoms with E-state index >= 15 is 0 Å². The fourth-order valence-corrected chi connectivity index (χ4v) is 7.24. The van der Waals surface area contributed by atoms with Crippen LogP contribution in [0, 0.1) is 11.8 Å². The summed E-state index contributed by atoms with van der Waals surface area (Å²) in [6, 6.07) is 0. The molecule has 2 atom stereocenters. The van der Waals surface area contributed by atoms with Crippen molar-refractivity contribution in [2.45, 2.75) is 89.2 Å². The minimum Gasteiger partial charge on any atom is -0.462 e. The molecule has 1 N–H and O–H groups in total. The van der Waals surface area contributed by atoms with Crippen LogP contribution in [0.15, 0.2) is 6.20 Å². The Kier molecular flexibility index (Phi) is 4.79. The lowest BCUT2D eigenvalue weighted by Crippen LogP contribution is -2.63. The van der Waals surface area contributed by atoms with Crippen LogP contribution in [0.5, 0.6) is 0 Å². The van der Waals surface area contributed by atoms with Crippen molar-refractivity contribution in [3.8, 4) is 0 Å². The Morgan fingerprint density at radius 1 is 1.13 bits per heavy atom. The van der Waals surface area contributed by atoms with Gasteiger partial charge in [-0.3, -0.25) is 4.79 Å². The Labute approximate surface area is 178 Å². The summed E-state index contributed by atoms with van der Waals surface area (Å²) < 4.78 is 11.2. The first kappa shape index (κ1) is 19.8. The van der Waals surface area contributed by atoms with Crippen molar-refractivity contribution >= 4 is 17.8 Å². The fourth-order valence-electron chi connectivity index (χ4n) is 7.24. The van der Waals surface area contributed by atoms with Crippen molar-refractivity contribution in [2.24, 2.45) is 11.8 Å². The van der Waals surface area contributed by atoms with Crippen LogP contribution in [0.4, 0.5) is 5.82 Å². The van der Waals surface area contributed by atoms with E-state index in [-0.39, 0.29) is 23.1 Å². The lowest BCUT2D eigenvalue weighted by atomic mass is 9.51. The third kappa shape index (κ3) is 3.38. The van der Waals surface area contributed by atoms with Crippen molar-refractivity contribution in [1.29, 1.82) is 0 Å². The molecule has 0 amide bonds. The van der Waals surface area contributed by atoms with Gasteiger partial charge in [-0.2, -0.15) is 0 Å². The van der Waals surface area contributed by atoms with E-state index in [0.29, 0.717) is 24.0 Å². The second-order valence-electron chi connectivity index (χ2n) is 10.0. The highest BCUT2D eigenvalue weighted by Gasteiger charge is 2.59. The molecule has 1 aromatic rings. The smallest absolute Gasteiger partial charge is 0.339 e. The van der Waals surface area contributed by atoms with E-state index in [1.165, 1.54) is 18.9 Å². The van der Waals surface area contributed by atoms with Gasteiger partial charge in [-0.05, 0) is 87.7 Å². The number of esters is 2. The molecule has 4 bridgehead atoms. The third-order valence-corrected chi connectivity index (χ3v) is 7.65. The zero-order valence-electron chi connectivity index (χ0n) is 18.1. The maximum atomic E-state index is 12.5. The number of carbonyl (C=O) groups is 2. The number of carbonyl (C=O) groups excluding carboxylic acids is 2. The summed E-state index contributed by atoms with van der Waals surface area (Å²) >= 11 is 0.